The maximum Gasteiger partial charge on any atom is 0.223 e. The Kier molecular flexibility index (Phi) is 6.34. The number of hydrogen-bond acceptors (Lipinski definition) is 3. The van der Waals surface area contributed by atoms with Crippen molar-refractivity contribution in [3.05, 3.63) is 30.1 Å². The summed E-state index contributed by atoms with van der Waals surface area (Å²) in [7, 11) is 0. The van der Waals surface area contributed by atoms with Crippen molar-refractivity contribution in [1.82, 2.24) is 9.80 Å². The Hall–Kier alpha value is -2.11. The topological polar surface area (TPSA) is 43.9 Å². The molecule has 0 radical (unpaired) electrons. The Balaban J connectivity index is 1.43. The predicted molar refractivity (Wildman–Crippen MR) is 104 cm³/mol. The quantitative estimate of drug-likeness (QED) is 0.813. The van der Waals surface area contributed by atoms with Gasteiger partial charge in [-0.05, 0) is 42.5 Å². The van der Waals surface area contributed by atoms with Gasteiger partial charge in [-0.1, -0.05) is 13.8 Å². The molecule has 148 valence electrons. The van der Waals surface area contributed by atoms with Crippen LogP contribution in [0.5, 0.6) is 0 Å². The predicted octanol–water partition coefficient (Wildman–Crippen LogP) is 2.76. The van der Waals surface area contributed by atoms with Gasteiger partial charge in [0.05, 0.1) is 0 Å². The number of likely N-dealkylation sites (tertiary alicyclic amines) is 1. The fourth-order valence-corrected chi connectivity index (χ4v) is 4.26. The van der Waals surface area contributed by atoms with Crippen LogP contribution in [0.4, 0.5) is 10.1 Å². The van der Waals surface area contributed by atoms with E-state index in [0.29, 0.717) is 31.3 Å². The summed E-state index contributed by atoms with van der Waals surface area (Å²) in [5.74, 6) is 0.988. The molecule has 2 amide bonds. The lowest BCUT2D eigenvalue weighted by atomic mass is 9.91. The van der Waals surface area contributed by atoms with E-state index in [4.69, 9.17) is 0 Å². The minimum atomic E-state index is -0.241. The average Bonchev–Trinajstić information content (AvgIpc) is 2.66. The van der Waals surface area contributed by atoms with Crippen LogP contribution in [0.1, 0.15) is 33.1 Å². The molecular weight excluding hydrogens is 345 g/mol. The van der Waals surface area contributed by atoms with Gasteiger partial charge in [0.15, 0.2) is 0 Å². The van der Waals surface area contributed by atoms with Gasteiger partial charge in [-0.2, -0.15) is 0 Å². The van der Waals surface area contributed by atoms with Crippen LogP contribution < -0.4 is 4.90 Å². The summed E-state index contributed by atoms with van der Waals surface area (Å²) in [5.41, 5.74) is 0.979. The number of piperazine rings is 1. The molecule has 2 atom stereocenters. The lowest BCUT2D eigenvalue weighted by Crippen LogP contribution is -2.49. The van der Waals surface area contributed by atoms with Gasteiger partial charge in [-0.25, -0.2) is 4.39 Å². The molecule has 0 aliphatic carbocycles. The van der Waals surface area contributed by atoms with Crippen molar-refractivity contribution in [2.45, 2.75) is 33.1 Å². The van der Waals surface area contributed by atoms with Gasteiger partial charge >= 0.3 is 0 Å². The zero-order valence-electron chi connectivity index (χ0n) is 16.4. The van der Waals surface area contributed by atoms with E-state index < -0.39 is 0 Å². The summed E-state index contributed by atoms with van der Waals surface area (Å²) in [6, 6.07) is 6.46. The molecule has 2 saturated heterocycles. The summed E-state index contributed by atoms with van der Waals surface area (Å²) < 4.78 is 13.0. The van der Waals surface area contributed by atoms with Gasteiger partial charge < -0.3 is 14.7 Å². The SMILES string of the molecule is C[C@@H]1C[C@H](C)CN(C(=O)CCC(=O)N2CCN(c3ccc(F)cc3)CC2)C1. The summed E-state index contributed by atoms with van der Waals surface area (Å²) in [4.78, 5) is 30.9. The number of amides is 2. The van der Waals surface area contributed by atoms with Gasteiger partial charge in [0, 0.05) is 57.8 Å². The maximum absolute atomic E-state index is 13.0. The summed E-state index contributed by atoms with van der Waals surface area (Å²) in [6.45, 7) is 8.73. The highest BCUT2D eigenvalue weighted by Crippen LogP contribution is 2.22. The maximum atomic E-state index is 13.0. The molecule has 27 heavy (non-hydrogen) atoms. The van der Waals surface area contributed by atoms with E-state index in [1.807, 2.05) is 9.80 Å². The molecule has 0 unspecified atom stereocenters. The number of nitrogens with zero attached hydrogens (tertiary/aromatic N) is 3. The van der Waals surface area contributed by atoms with Gasteiger partial charge in [0.25, 0.3) is 0 Å². The third-order valence-electron chi connectivity index (χ3n) is 5.60. The van der Waals surface area contributed by atoms with Crippen molar-refractivity contribution in [3.8, 4) is 0 Å². The Morgan fingerprint density at radius 1 is 0.889 bits per heavy atom. The molecule has 1 aromatic rings. The Morgan fingerprint density at radius 3 is 1.96 bits per heavy atom. The van der Waals surface area contributed by atoms with Crippen LogP contribution in [0.15, 0.2) is 24.3 Å². The Bertz CT molecular complexity index is 646. The molecule has 1 aromatic carbocycles. The summed E-state index contributed by atoms with van der Waals surface area (Å²) in [6.07, 6.45) is 1.76. The normalized spacial score (nSPS) is 23.4. The van der Waals surface area contributed by atoms with Crippen LogP contribution >= 0.6 is 0 Å². The highest BCUT2D eigenvalue weighted by molar-refractivity contribution is 5.84. The molecule has 0 bridgehead atoms. The van der Waals surface area contributed by atoms with Crippen molar-refractivity contribution < 1.29 is 14.0 Å². The highest BCUT2D eigenvalue weighted by Gasteiger charge is 2.27. The minimum absolute atomic E-state index is 0.0558. The summed E-state index contributed by atoms with van der Waals surface area (Å²) in [5, 5.41) is 0. The first-order chi connectivity index (χ1) is 12.9. The average molecular weight is 375 g/mol. The van der Waals surface area contributed by atoms with E-state index in [9.17, 15) is 14.0 Å². The number of benzene rings is 1. The first-order valence-corrected chi connectivity index (χ1v) is 9.98. The number of carbonyl (C=O) groups is 2. The Morgan fingerprint density at radius 2 is 1.41 bits per heavy atom. The fraction of sp³-hybridized carbons (Fsp3) is 0.619. The molecule has 3 rings (SSSR count). The van der Waals surface area contributed by atoms with Crippen molar-refractivity contribution in [1.29, 1.82) is 0 Å². The minimum Gasteiger partial charge on any atom is -0.368 e. The Labute approximate surface area is 161 Å². The van der Waals surface area contributed by atoms with E-state index >= 15 is 0 Å². The smallest absolute Gasteiger partial charge is 0.223 e. The third kappa shape index (κ3) is 5.21. The lowest BCUT2D eigenvalue weighted by Gasteiger charge is -2.37. The first kappa shape index (κ1) is 19.6. The number of anilines is 1. The molecule has 2 fully saturated rings. The molecule has 0 N–H and O–H groups in total. The van der Waals surface area contributed by atoms with Gasteiger partial charge in [-0.3, -0.25) is 9.59 Å². The lowest BCUT2D eigenvalue weighted by molar-refractivity contribution is -0.138. The van der Waals surface area contributed by atoms with Crippen LogP contribution in [-0.2, 0) is 9.59 Å². The number of halogens is 1. The van der Waals surface area contributed by atoms with Crippen LogP contribution in [0.25, 0.3) is 0 Å². The second-order valence-electron chi connectivity index (χ2n) is 8.09. The third-order valence-corrected chi connectivity index (χ3v) is 5.60. The molecule has 6 heteroatoms. The van der Waals surface area contributed by atoms with E-state index in [0.717, 1.165) is 31.9 Å². The molecule has 2 aliphatic rings. The molecule has 0 spiro atoms. The second kappa shape index (κ2) is 8.72. The number of piperidine rings is 1. The molecule has 0 aromatic heterocycles. The standard InChI is InChI=1S/C21H30FN3O2/c1-16-13-17(2)15-25(14-16)21(27)8-7-20(26)24-11-9-23(10-12-24)19-5-3-18(22)4-6-19/h3-6,16-17H,7-15H2,1-2H3/t16-,17+. The van der Waals surface area contributed by atoms with E-state index in [-0.39, 0.29) is 24.1 Å². The van der Waals surface area contributed by atoms with Gasteiger partial charge in [0.1, 0.15) is 5.82 Å². The van der Waals surface area contributed by atoms with Crippen molar-refractivity contribution in [2.75, 3.05) is 44.2 Å². The first-order valence-electron chi connectivity index (χ1n) is 9.98. The van der Waals surface area contributed by atoms with E-state index in [1.165, 1.54) is 18.6 Å². The molecule has 2 aliphatic heterocycles. The van der Waals surface area contributed by atoms with Gasteiger partial charge in [-0.15, -0.1) is 0 Å². The fourth-order valence-electron chi connectivity index (χ4n) is 4.26. The van der Waals surface area contributed by atoms with Crippen LogP contribution in [-0.4, -0.2) is 60.9 Å². The number of rotatable bonds is 4. The largest absolute Gasteiger partial charge is 0.368 e. The summed E-state index contributed by atoms with van der Waals surface area (Å²) >= 11 is 0. The van der Waals surface area contributed by atoms with Crippen LogP contribution in [0.3, 0.4) is 0 Å². The molecular formula is C21H30FN3O2. The molecule has 5 nitrogen and oxygen atoms in total. The van der Waals surface area contributed by atoms with Crippen molar-refractivity contribution in [2.24, 2.45) is 11.8 Å². The van der Waals surface area contributed by atoms with Crippen molar-refractivity contribution in [3.63, 3.8) is 0 Å². The van der Waals surface area contributed by atoms with Crippen LogP contribution in [0.2, 0.25) is 0 Å². The van der Waals surface area contributed by atoms with Gasteiger partial charge in [0.2, 0.25) is 11.8 Å². The van der Waals surface area contributed by atoms with E-state index in [2.05, 4.69) is 18.7 Å². The molecule has 0 saturated carbocycles. The second-order valence-corrected chi connectivity index (χ2v) is 8.09. The number of hydrogen-bond donors (Lipinski definition) is 0. The molecule has 2 heterocycles. The van der Waals surface area contributed by atoms with Crippen LogP contribution in [0, 0.1) is 17.7 Å². The number of carbonyl (C=O) groups excluding carboxylic acids is 2. The zero-order chi connectivity index (χ0) is 19.4. The van der Waals surface area contributed by atoms with E-state index in [1.54, 1.807) is 12.1 Å². The van der Waals surface area contributed by atoms with Crippen molar-refractivity contribution >= 4 is 17.5 Å². The zero-order valence-corrected chi connectivity index (χ0v) is 16.4. The monoisotopic (exact) mass is 375 g/mol. The highest BCUT2D eigenvalue weighted by atomic mass is 19.1.